The van der Waals surface area contributed by atoms with E-state index < -0.39 is 11.1 Å². The van der Waals surface area contributed by atoms with Crippen LogP contribution < -0.4 is 9.47 Å². The number of urea groups is 1. The maximum atomic E-state index is 14.2. The Hall–Kier alpha value is -3.07. The Balaban J connectivity index is 1.68. The lowest BCUT2D eigenvalue weighted by Gasteiger charge is -2.52. The summed E-state index contributed by atoms with van der Waals surface area (Å²) < 4.78 is 16.4. The van der Waals surface area contributed by atoms with Crippen LogP contribution >= 0.6 is 0 Å². The molecule has 8 heteroatoms. The number of ether oxygens (including phenoxy) is 3. The maximum Gasteiger partial charge on any atom is 0.321 e. The molecule has 2 aliphatic heterocycles. The average molecular weight is 538 g/mol. The van der Waals surface area contributed by atoms with Crippen molar-refractivity contribution in [1.29, 1.82) is 0 Å². The molecule has 0 aliphatic carbocycles. The second-order valence-electron chi connectivity index (χ2n) is 10.8. The Morgan fingerprint density at radius 1 is 0.923 bits per heavy atom. The van der Waals surface area contributed by atoms with Gasteiger partial charge in [0.15, 0.2) is 0 Å². The monoisotopic (exact) mass is 537 g/mol. The highest BCUT2D eigenvalue weighted by atomic mass is 16.5. The van der Waals surface area contributed by atoms with Gasteiger partial charge in [0.2, 0.25) is 0 Å². The number of amides is 2. The van der Waals surface area contributed by atoms with Gasteiger partial charge in [0.25, 0.3) is 0 Å². The van der Waals surface area contributed by atoms with Crippen molar-refractivity contribution in [1.82, 2.24) is 14.7 Å². The topological polar surface area (TPSA) is 74.7 Å². The van der Waals surface area contributed by atoms with Crippen molar-refractivity contribution in [3.8, 4) is 11.5 Å². The Labute approximate surface area is 232 Å². The number of rotatable bonds is 11. The first kappa shape index (κ1) is 28.9. The summed E-state index contributed by atoms with van der Waals surface area (Å²) in [6, 6.07) is 15.9. The molecule has 4 rings (SSSR count). The van der Waals surface area contributed by atoms with Gasteiger partial charge in [0.1, 0.15) is 17.0 Å². The lowest BCUT2D eigenvalue weighted by Crippen LogP contribution is -2.66. The molecule has 0 aromatic heterocycles. The summed E-state index contributed by atoms with van der Waals surface area (Å²) in [5.41, 5.74) is 1.82. The van der Waals surface area contributed by atoms with Gasteiger partial charge in [-0.25, -0.2) is 4.79 Å². The van der Waals surface area contributed by atoms with Gasteiger partial charge in [-0.2, -0.15) is 0 Å². The quantitative estimate of drug-likeness (QED) is 0.431. The van der Waals surface area contributed by atoms with Crippen LogP contribution in [0.1, 0.15) is 37.8 Å². The predicted octanol–water partition coefficient (Wildman–Crippen LogP) is 4.32. The second-order valence-corrected chi connectivity index (χ2v) is 10.8. The first-order chi connectivity index (χ1) is 18.8. The van der Waals surface area contributed by atoms with Crippen molar-refractivity contribution in [2.75, 3.05) is 54.2 Å². The molecule has 0 saturated carbocycles. The number of carbonyl (C=O) groups excluding carboxylic acids is 1. The molecule has 2 aromatic carbocycles. The van der Waals surface area contributed by atoms with Crippen LogP contribution in [0.25, 0.3) is 0 Å². The second kappa shape index (κ2) is 12.4. The van der Waals surface area contributed by atoms with Gasteiger partial charge in [0.05, 0.1) is 33.0 Å². The van der Waals surface area contributed by atoms with Gasteiger partial charge in [-0.3, -0.25) is 4.90 Å². The largest absolute Gasteiger partial charge is 0.497 e. The Kier molecular flexibility index (Phi) is 9.20. The van der Waals surface area contributed by atoms with Crippen LogP contribution in [0.15, 0.2) is 60.2 Å². The number of piperidine rings is 1. The number of carbonyl (C=O) groups is 1. The third-order valence-electron chi connectivity index (χ3n) is 8.24. The summed E-state index contributed by atoms with van der Waals surface area (Å²) in [7, 11) is 4.98. The molecule has 212 valence electrons. The summed E-state index contributed by atoms with van der Waals surface area (Å²) in [6.07, 6.45) is 3.60. The molecule has 0 radical (unpaired) electrons. The van der Waals surface area contributed by atoms with E-state index in [0.29, 0.717) is 19.7 Å². The molecule has 2 aliphatic rings. The fourth-order valence-corrected chi connectivity index (χ4v) is 6.42. The van der Waals surface area contributed by atoms with E-state index in [9.17, 15) is 9.90 Å². The lowest BCUT2D eigenvalue weighted by atomic mass is 9.69. The van der Waals surface area contributed by atoms with Gasteiger partial charge >= 0.3 is 6.03 Å². The Morgan fingerprint density at radius 2 is 1.56 bits per heavy atom. The van der Waals surface area contributed by atoms with E-state index in [2.05, 4.69) is 11.0 Å². The minimum Gasteiger partial charge on any atom is -0.497 e. The molecule has 2 amide bonds. The number of likely N-dealkylation sites (tertiary alicyclic amines) is 1. The Bertz CT molecular complexity index is 1120. The SMILES string of the molecule is COCCN1C(=O)N(Cc2ccccc2)C(C=C(C)C)(CO)C12CCN(Cc1cc(OC)cc(OC)c1)CC2. The molecule has 1 atom stereocenters. The van der Waals surface area contributed by atoms with Crippen LogP contribution in [0.5, 0.6) is 11.5 Å². The molecule has 2 aromatic rings. The van der Waals surface area contributed by atoms with Crippen LogP contribution in [0.2, 0.25) is 0 Å². The number of methoxy groups -OCH3 is 3. The molecule has 2 heterocycles. The summed E-state index contributed by atoms with van der Waals surface area (Å²) in [5.74, 6) is 1.54. The first-order valence-electron chi connectivity index (χ1n) is 13.7. The number of nitrogens with zero attached hydrogens (tertiary/aromatic N) is 3. The summed E-state index contributed by atoms with van der Waals surface area (Å²) in [6.45, 7) is 7.61. The zero-order chi connectivity index (χ0) is 28.0. The minimum absolute atomic E-state index is 0.0477. The van der Waals surface area contributed by atoms with Crippen molar-refractivity contribution in [2.45, 2.75) is 50.9 Å². The van der Waals surface area contributed by atoms with E-state index in [0.717, 1.165) is 60.7 Å². The molecular formula is C31H43N3O5. The van der Waals surface area contributed by atoms with Crippen LogP contribution in [0.3, 0.4) is 0 Å². The number of aliphatic hydroxyl groups is 1. The zero-order valence-electron chi connectivity index (χ0n) is 24.0. The van der Waals surface area contributed by atoms with Crippen molar-refractivity contribution >= 4 is 6.03 Å². The van der Waals surface area contributed by atoms with Gasteiger partial charge in [0, 0.05) is 45.9 Å². The normalized spacial score (nSPS) is 20.9. The molecule has 2 fully saturated rings. The molecule has 1 N–H and O–H groups in total. The highest BCUT2D eigenvalue weighted by Crippen LogP contribution is 2.50. The van der Waals surface area contributed by atoms with E-state index in [1.165, 1.54) is 0 Å². The number of hydrogen-bond donors (Lipinski definition) is 1. The maximum absolute atomic E-state index is 14.2. The average Bonchev–Trinajstić information content (AvgIpc) is 3.12. The number of allylic oxidation sites excluding steroid dienone is 1. The molecule has 1 spiro atoms. The van der Waals surface area contributed by atoms with E-state index in [4.69, 9.17) is 14.2 Å². The Morgan fingerprint density at radius 3 is 2.10 bits per heavy atom. The fraction of sp³-hybridized carbons (Fsp3) is 0.516. The standard InChI is InChI=1S/C31H43N3O5/c1-24(2)20-31(23-35)30(33(15-16-37-3)29(36)34(31)22-25-9-7-6-8-10-25)11-13-32(14-12-30)21-26-17-27(38-4)19-28(18-26)39-5/h6-10,17-20,35H,11-16,21-23H2,1-5H3. The highest BCUT2D eigenvalue weighted by Gasteiger charge is 2.65. The van der Waals surface area contributed by atoms with E-state index in [1.807, 2.05) is 72.2 Å². The predicted molar refractivity (Wildman–Crippen MR) is 152 cm³/mol. The van der Waals surface area contributed by atoms with E-state index in [1.54, 1.807) is 21.3 Å². The van der Waals surface area contributed by atoms with E-state index in [-0.39, 0.29) is 12.6 Å². The van der Waals surface area contributed by atoms with Crippen molar-refractivity contribution < 1.29 is 24.1 Å². The summed E-state index contributed by atoms with van der Waals surface area (Å²) >= 11 is 0. The van der Waals surface area contributed by atoms with Gasteiger partial charge in [-0.05, 0) is 49.9 Å². The van der Waals surface area contributed by atoms with Crippen molar-refractivity contribution in [2.24, 2.45) is 0 Å². The number of benzene rings is 2. The molecule has 2 saturated heterocycles. The van der Waals surface area contributed by atoms with Gasteiger partial charge in [-0.15, -0.1) is 0 Å². The van der Waals surface area contributed by atoms with Gasteiger partial charge < -0.3 is 29.1 Å². The van der Waals surface area contributed by atoms with Crippen LogP contribution in [0.4, 0.5) is 4.79 Å². The minimum atomic E-state index is -0.849. The van der Waals surface area contributed by atoms with E-state index >= 15 is 0 Å². The van der Waals surface area contributed by atoms with Gasteiger partial charge in [-0.1, -0.05) is 42.0 Å². The highest BCUT2D eigenvalue weighted by molar-refractivity contribution is 5.81. The van der Waals surface area contributed by atoms with Crippen LogP contribution in [-0.2, 0) is 17.8 Å². The van der Waals surface area contributed by atoms with Crippen molar-refractivity contribution in [3.05, 3.63) is 71.3 Å². The molecule has 1 unspecified atom stereocenters. The summed E-state index contributed by atoms with van der Waals surface area (Å²) in [5, 5.41) is 11.2. The zero-order valence-corrected chi connectivity index (χ0v) is 24.0. The molecule has 0 bridgehead atoms. The smallest absolute Gasteiger partial charge is 0.321 e. The molecular weight excluding hydrogens is 494 g/mol. The van der Waals surface area contributed by atoms with Crippen LogP contribution in [0, 0.1) is 0 Å². The third kappa shape index (κ3) is 5.64. The number of aliphatic hydroxyl groups excluding tert-OH is 1. The molecule has 8 nitrogen and oxygen atoms in total. The summed E-state index contributed by atoms with van der Waals surface area (Å²) in [4.78, 5) is 20.5. The van der Waals surface area contributed by atoms with Crippen molar-refractivity contribution in [3.63, 3.8) is 0 Å². The third-order valence-corrected chi connectivity index (χ3v) is 8.24. The van der Waals surface area contributed by atoms with Crippen LogP contribution in [-0.4, -0.2) is 91.1 Å². The molecule has 39 heavy (non-hydrogen) atoms. The number of hydrogen-bond acceptors (Lipinski definition) is 6. The fourth-order valence-electron chi connectivity index (χ4n) is 6.42. The lowest BCUT2D eigenvalue weighted by molar-refractivity contribution is -0.0194. The first-order valence-corrected chi connectivity index (χ1v) is 13.7.